The Morgan fingerprint density at radius 2 is 1.97 bits per heavy atom. The van der Waals surface area contributed by atoms with Crippen LogP contribution in [0.3, 0.4) is 0 Å². The summed E-state index contributed by atoms with van der Waals surface area (Å²) >= 11 is 0. The molecule has 0 aliphatic rings. The van der Waals surface area contributed by atoms with E-state index in [-0.39, 0.29) is 12.3 Å². The molecule has 0 unspecified atom stereocenters. The topological polar surface area (TPSA) is 131 Å². The summed E-state index contributed by atoms with van der Waals surface area (Å²) in [5.41, 5.74) is 8.50. The van der Waals surface area contributed by atoms with E-state index >= 15 is 0 Å². The molecule has 2 amide bonds. The molecule has 2 aromatic heterocycles. The second-order valence-corrected chi connectivity index (χ2v) is 8.57. The quantitative estimate of drug-likeness (QED) is 0.452. The summed E-state index contributed by atoms with van der Waals surface area (Å²) in [4.78, 5) is 29.4. The number of amides is 2. The Bertz CT molecular complexity index is 1280. The molecular formula is C25H30N6O4. The maximum Gasteiger partial charge on any atom is 0.269 e. The Kier molecular flexibility index (Phi) is 8.25. The Balaban J connectivity index is 1.57. The summed E-state index contributed by atoms with van der Waals surface area (Å²) in [6.07, 6.45) is 2.91. The number of rotatable bonds is 9. The number of aromatic nitrogens is 3. The van der Waals surface area contributed by atoms with Crippen LogP contribution in [-0.2, 0) is 11.2 Å². The van der Waals surface area contributed by atoms with Crippen LogP contribution in [0.15, 0.2) is 24.4 Å². The van der Waals surface area contributed by atoms with Crippen LogP contribution in [-0.4, -0.2) is 40.1 Å². The molecule has 0 spiro atoms. The number of carbonyl (C=O) groups excluding carboxylic acids is 2. The van der Waals surface area contributed by atoms with Gasteiger partial charge in [0.1, 0.15) is 11.6 Å². The molecule has 184 valence electrons. The third kappa shape index (κ3) is 6.06. The number of fused-ring (bicyclic) bond motifs is 1. The van der Waals surface area contributed by atoms with E-state index in [1.54, 1.807) is 22.7 Å². The fourth-order valence-electron chi connectivity index (χ4n) is 3.58. The number of nitrogens with zero attached hydrogens (tertiary/aromatic N) is 4. The molecule has 3 rings (SSSR count). The number of methoxy groups -OCH3 is 1. The van der Waals surface area contributed by atoms with Crippen LogP contribution >= 0.6 is 0 Å². The number of nitrogens with one attached hydrogen (secondary N) is 2. The molecule has 0 bridgehead atoms. The van der Waals surface area contributed by atoms with Crippen LogP contribution in [0.25, 0.3) is 5.65 Å². The molecule has 1 aromatic carbocycles. The Morgan fingerprint density at radius 3 is 2.66 bits per heavy atom. The number of hydrazine groups is 1. The first kappa shape index (κ1) is 25.5. The second-order valence-electron chi connectivity index (χ2n) is 8.57. The van der Waals surface area contributed by atoms with E-state index in [1.807, 2.05) is 13.8 Å². The van der Waals surface area contributed by atoms with Crippen molar-refractivity contribution in [2.45, 2.75) is 47.0 Å². The normalized spacial score (nSPS) is 10.8. The van der Waals surface area contributed by atoms with Gasteiger partial charge in [0.25, 0.3) is 5.91 Å². The maximum atomic E-state index is 12.5. The lowest BCUT2D eigenvalue weighted by Crippen LogP contribution is -2.41. The fourth-order valence-corrected chi connectivity index (χ4v) is 3.58. The van der Waals surface area contributed by atoms with E-state index < -0.39 is 5.91 Å². The summed E-state index contributed by atoms with van der Waals surface area (Å²) in [6, 6.07) is 6.93. The lowest BCUT2D eigenvalue weighted by molar-refractivity contribution is -0.121. The van der Waals surface area contributed by atoms with Crippen LogP contribution in [0, 0.1) is 31.1 Å². The average molecular weight is 479 g/mol. The first-order chi connectivity index (χ1) is 16.7. The molecule has 0 aliphatic heterocycles. The van der Waals surface area contributed by atoms with Crippen molar-refractivity contribution < 1.29 is 19.1 Å². The Morgan fingerprint density at radius 1 is 1.20 bits per heavy atom. The minimum atomic E-state index is -0.471. The summed E-state index contributed by atoms with van der Waals surface area (Å²) in [7, 11) is 1.51. The minimum absolute atomic E-state index is 0.132. The third-order valence-electron chi connectivity index (χ3n) is 5.63. The number of hydrogen-bond acceptors (Lipinski definition) is 7. The third-order valence-corrected chi connectivity index (χ3v) is 5.63. The molecule has 0 saturated carbocycles. The smallest absolute Gasteiger partial charge is 0.269 e. The van der Waals surface area contributed by atoms with E-state index in [1.165, 1.54) is 13.3 Å². The molecule has 10 nitrogen and oxygen atoms in total. The number of hydrogen-bond donors (Lipinski definition) is 2. The number of nitriles is 1. The molecule has 3 aromatic rings. The maximum absolute atomic E-state index is 12.5. The standard InChI is InChI=1S/C25H30N6O4/c1-15(2)10-11-35-21-8-6-18(12-22(21)34-5)25(33)30-29-23(32)9-7-20-16(3)28-24-19(13-26)14-27-31(24)17(20)4/h6,8,12,14-15H,7,9-11H2,1-5H3,(H,29,32)(H,30,33). The van der Waals surface area contributed by atoms with Gasteiger partial charge in [0.05, 0.1) is 19.9 Å². The molecule has 2 N–H and O–H groups in total. The first-order valence-electron chi connectivity index (χ1n) is 11.4. The van der Waals surface area contributed by atoms with Gasteiger partial charge in [-0.15, -0.1) is 0 Å². The number of benzene rings is 1. The van der Waals surface area contributed by atoms with E-state index in [0.29, 0.717) is 47.2 Å². The van der Waals surface area contributed by atoms with Gasteiger partial charge in [-0.05, 0) is 56.4 Å². The minimum Gasteiger partial charge on any atom is -0.493 e. The van der Waals surface area contributed by atoms with Crippen molar-refractivity contribution in [3.63, 3.8) is 0 Å². The van der Waals surface area contributed by atoms with Crippen LogP contribution < -0.4 is 20.3 Å². The predicted molar refractivity (Wildman–Crippen MR) is 129 cm³/mol. The summed E-state index contributed by atoms with van der Waals surface area (Å²) in [6.45, 7) is 8.49. The van der Waals surface area contributed by atoms with Gasteiger partial charge < -0.3 is 9.47 Å². The van der Waals surface area contributed by atoms with Gasteiger partial charge >= 0.3 is 0 Å². The van der Waals surface area contributed by atoms with Gasteiger partial charge in [0.15, 0.2) is 17.1 Å². The SMILES string of the molecule is COc1cc(C(=O)NNC(=O)CCc2c(C)nc3c(C#N)cnn3c2C)ccc1OCCC(C)C. The zero-order chi connectivity index (χ0) is 25.5. The van der Waals surface area contributed by atoms with E-state index in [9.17, 15) is 14.9 Å². The fraction of sp³-hybridized carbons (Fsp3) is 0.400. The largest absolute Gasteiger partial charge is 0.493 e. The van der Waals surface area contributed by atoms with E-state index in [4.69, 9.17) is 9.47 Å². The lowest BCUT2D eigenvalue weighted by Gasteiger charge is -2.14. The molecule has 35 heavy (non-hydrogen) atoms. The van der Waals surface area contributed by atoms with E-state index in [0.717, 1.165) is 23.4 Å². The van der Waals surface area contributed by atoms with Gasteiger partial charge in [-0.3, -0.25) is 20.4 Å². The van der Waals surface area contributed by atoms with Gasteiger partial charge in [-0.1, -0.05) is 13.8 Å². The molecule has 10 heteroatoms. The van der Waals surface area contributed by atoms with Crippen LogP contribution in [0.1, 0.15) is 59.6 Å². The highest BCUT2D eigenvalue weighted by Gasteiger charge is 2.16. The molecule has 0 atom stereocenters. The van der Waals surface area contributed by atoms with Crippen molar-refractivity contribution in [2.75, 3.05) is 13.7 Å². The predicted octanol–water partition coefficient (Wildman–Crippen LogP) is 3.05. The monoisotopic (exact) mass is 478 g/mol. The van der Waals surface area contributed by atoms with Gasteiger partial charge in [0.2, 0.25) is 5.91 Å². The summed E-state index contributed by atoms with van der Waals surface area (Å²) in [5, 5.41) is 13.4. The molecule has 2 heterocycles. The highest BCUT2D eigenvalue weighted by atomic mass is 16.5. The number of carbonyl (C=O) groups is 2. The summed E-state index contributed by atoms with van der Waals surface area (Å²) in [5.74, 6) is 0.699. The van der Waals surface area contributed by atoms with Crippen molar-refractivity contribution in [2.24, 2.45) is 5.92 Å². The van der Waals surface area contributed by atoms with Crippen molar-refractivity contribution >= 4 is 17.5 Å². The molecule has 0 radical (unpaired) electrons. The van der Waals surface area contributed by atoms with Crippen molar-refractivity contribution in [3.8, 4) is 17.6 Å². The second kappa shape index (κ2) is 11.3. The zero-order valence-electron chi connectivity index (χ0n) is 20.6. The number of ether oxygens (including phenoxy) is 2. The lowest BCUT2D eigenvalue weighted by atomic mass is 10.1. The highest BCUT2D eigenvalue weighted by molar-refractivity contribution is 5.96. The van der Waals surface area contributed by atoms with Crippen molar-refractivity contribution in [3.05, 3.63) is 52.5 Å². The van der Waals surface area contributed by atoms with Crippen LogP contribution in [0.5, 0.6) is 11.5 Å². The Labute approximate surface area is 204 Å². The molecule has 0 fully saturated rings. The van der Waals surface area contributed by atoms with Gasteiger partial charge in [0, 0.05) is 23.4 Å². The number of aryl methyl sites for hydroxylation is 2. The van der Waals surface area contributed by atoms with Gasteiger partial charge in [-0.2, -0.15) is 10.4 Å². The van der Waals surface area contributed by atoms with Crippen molar-refractivity contribution in [1.82, 2.24) is 25.4 Å². The summed E-state index contributed by atoms with van der Waals surface area (Å²) < 4.78 is 12.7. The molecule has 0 saturated heterocycles. The van der Waals surface area contributed by atoms with Crippen LogP contribution in [0.2, 0.25) is 0 Å². The first-order valence-corrected chi connectivity index (χ1v) is 11.4. The van der Waals surface area contributed by atoms with Crippen LogP contribution in [0.4, 0.5) is 0 Å². The highest BCUT2D eigenvalue weighted by Crippen LogP contribution is 2.28. The van der Waals surface area contributed by atoms with Crippen molar-refractivity contribution in [1.29, 1.82) is 5.26 Å². The molecular weight excluding hydrogens is 448 g/mol. The molecule has 0 aliphatic carbocycles. The van der Waals surface area contributed by atoms with Gasteiger partial charge in [-0.25, -0.2) is 9.50 Å². The van der Waals surface area contributed by atoms with E-state index in [2.05, 4.69) is 40.9 Å². The zero-order valence-corrected chi connectivity index (χ0v) is 20.6. The average Bonchev–Trinajstić information content (AvgIpc) is 3.25. The Hall–Kier alpha value is -4.13.